The molecule has 5 nitrogen and oxygen atoms in total. The molecule has 0 saturated carbocycles. The molecule has 1 rings (SSSR count). The lowest BCUT2D eigenvalue weighted by Crippen LogP contribution is -2.30. The second kappa shape index (κ2) is 16.6. The van der Waals surface area contributed by atoms with Crippen LogP contribution in [0.15, 0.2) is 24.3 Å². The molecule has 1 aromatic carbocycles. The number of benzene rings is 1. The molecule has 0 aliphatic carbocycles. The number of esters is 1. The molecule has 6 heteroatoms. The summed E-state index contributed by atoms with van der Waals surface area (Å²) in [4.78, 5) is 22.9. The van der Waals surface area contributed by atoms with Crippen molar-refractivity contribution in [1.29, 1.82) is 0 Å². The van der Waals surface area contributed by atoms with E-state index in [2.05, 4.69) is 40.3 Å². The van der Waals surface area contributed by atoms with E-state index in [-0.39, 0.29) is 31.4 Å². The van der Waals surface area contributed by atoms with Crippen LogP contribution in [0.5, 0.6) is 5.75 Å². The van der Waals surface area contributed by atoms with Gasteiger partial charge >= 0.3 is 5.97 Å². The van der Waals surface area contributed by atoms with Crippen LogP contribution in [0, 0.1) is 0 Å². The Morgan fingerprint density at radius 1 is 1.00 bits per heavy atom. The lowest BCUT2D eigenvalue weighted by molar-refractivity contribution is -0.143. The smallest absolute Gasteiger partial charge is 0.306 e. The maximum Gasteiger partial charge on any atom is 0.306 e. The van der Waals surface area contributed by atoms with Gasteiger partial charge in [-0.2, -0.15) is 12.6 Å². The molecule has 1 N–H and O–H groups in total. The SMILES string of the molecule is CC(C)(O)C(=O)c1ccc(OCCOC(=O)CCS)cc1.CCC.CCC. The van der Waals surface area contributed by atoms with Gasteiger partial charge < -0.3 is 14.6 Å². The Balaban J connectivity index is 0. The number of hydrogen-bond donors (Lipinski definition) is 2. The zero-order valence-electron chi connectivity index (χ0n) is 17.6. The Hall–Kier alpha value is -1.53. The van der Waals surface area contributed by atoms with Gasteiger partial charge in [0.15, 0.2) is 5.78 Å². The number of aliphatic hydroxyl groups is 1. The normalized spacial score (nSPS) is 9.93. The Morgan fingerprint density at radius 3 is 1.89 bits per heavy atom. The summed E-state index contributed by atoms with van der Waals surface area (Å²) in [5.41, 5.74) is -0.987. The van der Waals surface area contributed by atoms with Crippen molar-refractivity contribution in [2.75, 3.05) is 19.0 Å². The van der Waals surface area contributed by atoms with Crippen molar-refractivity contribution < 1.29 is 24.2 Å². The van der Waals surface area contributed by atoms with Gasteiger partial charge in [0, 0.05) is 11.3 Å². The Kier molecular flexibility index (Phi) is 17.1. The molecule has 0 bridgehead atoms. The highest BCUT2D eigenvalue weighted by atomic mass is 32.1. The number of rotatable bonds is 8. The molecule has 0 aliphatic rings. The summed E-state index contributed by atoms with van der Waals surface area (Å²) < 4.78 is 10.3. The van der Waals surface area contributed by atoms with E-state index in [1.54, 1.807) is 24.3 Å². The van der Waals surface area contributed by atoms with Crippen LogP contribution in [0.25, 0.3) is 0 Å². The summed E-state index contributed by atoms with van der Waals surface area (Å²) in [7, 11) is 0. The minimum absolute atomic E-state index is 0.164. The third-order valence-corrected chi connectivity index (χ3v) is 2.83. The Labute approximate surface area is 169 Å². The first-order chi connectivity index (χ1) is 12.7. The quantitative estimate of drug-likeness (QED) is 0.286. The molecule has 0 atom stereocenters. The first-order valence-corrected chi connectivity index (χ1v) is 10.1. The van der Waals surface area contributed by atoms with E-state index >= 15 is 0 Å². The molecular weight excluding hydrogens is 364 g/mol. The largest absolute Gasteiger partial charge is 0.490 e. The summed E-state index contributed by atoms with van der Waals surface area (Å²) in [6, 6.07) is 6.44. The van der Waals surface area contributed by atoms with Crippen LogP contribution in [0.2, 0.25) is 0 Å². The molecule has 0 aliphatic heterocycles. The minimum Gasteiger partial charge on any atom is -0.490 e. The third-order valence-electron chi connectivity index (χ3n) is 2.60. The fourth-order valence-corrected chi connectivity index (χ4v) is 1.72. The van der Waals surface area contributed by atoms with Crippen LogP contribution in [-0.4, -0.2) is 41.4 Å². The van der Waals surface area contributed by atoms with E-state index in [4.69, 9.17) is 9.47 Å². The number of hydrogen-bond acceptors (Lipinski definition) is 6. The number of Topliss-reactive ketones (excluding diaryl/α,β-unsaturated/α-hetero) is 1. The Bertz CT molecular complexity index is 504. The molecule has 1 aromatic rings. The van der Waals surface area contributed by atoms with Gasteiger partial charge in [0.25, 0.3) is 0 Å². The molecule has 0 aromatic heterocycles. The maximum absolute atomic E-state index is 11.8. The zero-order valence-corrected chi connectivity index (χ0v) is 18.5. The van der Waals surface area contributed by atoms with Gasteiger partial charge in [-0.25, -0.2) is 0 Å². The fraction of sp³-hybridized carbons (Fsp3) is 0.619. The van der Waals surface area contributed by atoms with Crippen LogP contribution in [0.4, 0.5) is 0 Å². The standard InChI is InChI=1S/C15H20O5S.2C3H8/c1-15(2,18)14(17)11-3-5-12(6-4-11)19-8-9-20-13(16)7-10-21;2*1-3-2/h3-6,18,21H,7-10H2,1-2H3;2*3H2,1-2H3. The number of ether oxygens (including phenoxy) is 2. The highest BCUT2D eigenvalue weighted by Gasteiger charge is 2.24. The van der Waals surface area contributed by atoms with Crippen LogP contribution < -0.4 is 4.74 Å². The first kappa shape index (κ1) is 27.7. The van der Waals surface area contributed by atoms with E-state index < -0.39 is 5.60 Å². The molecule has 156 valence electrons. The van der Waals surface area contributed by atoms with Crippen molar-refractivity contribution in [3.63, 3.8) is 0 Å². The molecule has 0 radical (unpaired) electrons. The number of ketones is 1. The van der Waals surface area contributed by atoms with Gasteiger partial charge in [0.2, 0.25) is 0 Å². The summed E-state index contributed by atoms with van der Waals surface area (Å²) in [5, 5.41) is 9.64. The van der Waals surface area contributed by atoms with Crippen LogP contribution in [-0.2, 0) is 9.53 Å². The lowest BCUT2D eigenvalue weighted by atomic mass is 9.97. The predicted octanol–water partition coefficient (Wildman–Crippen LogP) is 4.71. The third kappa shape index (κ3) is 15.2. The van der Waals surface area contributed by atoms with Crippen LogP contribution in [0.1, 0.15) is 71.2 Å². The summed E-state index contributed by atoms with van der Waals surface area (Å²) >= 11 is 3.93. The van der Waals surface area contributed by atoms with Gasteiger partial charge in [-0.3, -0.25) is 9.59 Å². The highest BCUT2D eigenvalue weighted by molar-refractivity contribution is 7.80. The second-order valence-electron chi connectivity index (χ2n) is 6.37. The van der Waals surface area contributed by atoms with E-state index in [9.17, 15) is 14.7 Å². The maximum atomic E-state index is 11.8. The van der Waals surface area contributed by atoms with E-state index in [0.29, 0.717) is 17.1 Å². The summed E-state index contributed by atoms with van der Waals surface area (Å²) in [6.07, 6.45) is 2.77. The van der Waals surface area contributed by atoms with Gasteiger partial charge in [0.05, 0.1) is 6.42 Å². The predicted molar refractivity (Wildman–Crippen MR) is 114 cm³/mol. The van der Waals surface area contributed by atoms with Crippen molar-refractivity contribution >= 4 is 24.4 Å². The van der Waals surface area contributed by atoms with Crippen LogP contribution in [0.3, 0.4) is 0 Å². The van der Waals surface area contributed by atoms with Gasteiger partial charge in [-0.05, 0) is 38.1 Å². The van der Waals surface area contributed by atoms with Gasteiger partial charge in [-0.1, -0.05) is 40.5 Å². The molecule has 0 spiro atoms. The van der Waals surface area contributed by atoms with Gasteiger partial charge in [-0.15, -0.1) is 0 Å². The fourth-order valence-electron chi connectivity index (χ4n) is 1.53. The zero-order chi connectivity index (χ0) is 21.3. The summed E-state index contributed by atoms with van der Waals surface area (Å²) in [6.45, 7) is 11.8. The lowest BCUT2D eigenvalue weighted by Gasteiger charge is -2.15. The topological polar surface area (TPSA) is 72.8 Å². The van der Waals surface area contributed by atoms with Crippen molar-refractivity contribution in [3.8, 4) is 5.75 Å². The monoisotopic (exact) mass is 400 g/mol. The van der Waals surface area contributed by atoms with Crippen LogP contribution >= 0.6 is 12.6 Å². The van der Waals surface area contributed by atoms with Crippen molar-refractivity contribution in [3.05, 3.63) is 29.8 Å². The molecule has 0 amide bonds. The number of carbonyl (C=O) groups excluding carboxylic acids is 2. The van der Waals surface area contributed by atoms with E-state index in [1.165, 1.54) is 26.7 Å². The number of thiol groups is 1. The second-order valence-corrected chi connectivity index (χ2v) is 6.82. The first-order valence-electron chi connectivity index (χ1n) is 9.44. The highest BCUT2D eigenvalue weighted by Crippen LogP contribution is 2.17. The van der Waals surface area contributed by atoms with Crippen molar-refractivity contribution in [1.82, 2.24) is 0 Å². The average Bonchev–Trinajstić information content (AvgIpc) is 2.59. The molecule has 0 unspecified atom stereocenters. The molecule has 27 heavy (non-hydrogen) atoms. The molecule has 0 fully saturated rings. The van der Waals surface area contributed by atoms with Crippen molar-refractivity contribution in [2.45, 2.75) is 66.4 Å². The van der Waals surface area contributed by atoms with Crippen molar-refractivity contribution in [2.24, 2.45) is 0 Å². The number of carbonyl (C=O) groups is 2. The molecular formula is C21H36O5S. The van der Waals surface area contributed by atoms with Gasteiger partial charge in [0.1, 0.15) is 24.6 Å². The average molecular weight is 401 g/mol. The van der Waals surface area contributed by atoms with E-state index in [0.717, 1.165) is 0 Å². The van der Waals surface area contributed by atoms with E-state index in [1.807, 2.05) is 0 Å². The Morgan fingerprint density at radius 2 is 1.48 bits per heavy atom. The molecule has 0 heterocycles. The molecule has 0 saturated heterocycles. The minimum atomic E-state index is -1.40. The summed E-state index contributed by atoms with van der Waals surface area (Å²) in [5.74, 6) is 0.359.